The number of carbonyl (C=O) groups excluding carboxylic acids is 1. The maximum absolute atomic E-state index is 12.5. The molecule has 4 rings (SSSR count). The van der Waals surface area contributed by atoms with E-state index in [1.807, 2.05) is 6.07 Å². The molecule has 0 N–H and O–H groups in total. The van der Waals surface area contributed by atoms with Crippen LogP contribution < -0.4 is 0 Å². The number of carbonyl (C=O) groups is 1. The van der Waals surface area contributed by atoms with Gasteiger partial charge >= 0.3 is 0 Å². The summed E-state index contributed by atoms with van der Waals surface area (Å²) < 4.78 is 1.23. The smallest absolute Gasteiger partial charge is 0.226 e. The lowest BCUT2D eigenvalue weighted by Gasteiger charge is -2.32. The molecule has 0 radical (unpaired) electrons. The number of rotatable bonds is 2. The van der Waals surface area contributed by atoms with Crippen LogP contribution in [0.5, 0.6) is 0 Å². The van der Waals surface area contributed by atoms with E-state index < -0.39 is 0 Å². The summed E-state index contributed by atoms with van der Waals surface area (Å²) in [6, 6.07) is 8.47. The number of hydrogen-bond acceptors (Lipinski definition) is 3. The summed E-state index contributed by atoms with van der Waals surface area (Å²) in [4.78, 5) is 19.4. The molecule has 1 atom stereocenters. The van der Waals surface area contributed by atoms with Crippen LogP contribution >= 0.6 is 11.3 Å². The van der Waals surface area contributed by atoms with E-state index in [-0.39, 0.29) is 6.04 Å². The third kappa shape index (κ3) is 1.94. The number of para-hydroxylation sites is 1. The van der Waals surface area contributed by atoms with Crippen molar-refractivity contribution in [3.05, 3.63) is 29.3 Å². The van der Waals surface area contributed by atoms with Gasteiger partial charge in [0, 0.05) is 12.5 Å². The van der Waals surface area contributed by atoms with Crippen molar-refractivity contribution in [2.75, 3.05) is 6.54 Å². The van der Waals surface area contributed by atoms with Gasteiger partial charge in [-0.1, -0.05) is 18.6 Å². The van der Waals surface area contributed by atoms with Crippen LogP contribution in [0.1, 0.15) is 43.2 Å². The number of benzene rings is 1. The third-order valence-corrected chi connectivity index (χ3v) is 5.72. The van der Waals surface area contributed by atoms with Crippen LogP contribution in [0.4, 0.5) is 0 Å². The zero-order chi connectivity index (χ0) is 13.5. The van der Waals surface area contributed by atoms with Crippen LogP contribution in [0.25, 0.3) is 10.2 Å². The van der Waals surface area contributed by atoms with Crippen molar-refractivity contribution in [1.82, 2.24) is 9.88 Å². The zero-order valence-corrected chi connectivity index (χ0v) is 12.2. The van der Waals surface area contributed by atoms with E-state index in [1.54, 1.807) is 11.3 Å². The molecule has 0 bridgehead atoms. The van der Waals surface area contributed by atoms with Crippen LogP contribution in [0.15, 0.2) is 24.3 Å². The topological polar surface area (TPSA) is 33.2 Å². The molecule has 3 nitrogen and oxygen atoms in total. The number of hydrogen-bond donors (Lipinski definition) is 0. The molecular formula is C16H18N2OS. The second-order valence-electron chi connectivity index (χ2n) is 5.84. The summed E-state index contributed by atoms with van der Waals surface area (Å²) in [5, 5.41) is 1.12. The molecule has 104 valence electrons. The number of nitrogens with zero attached hydrogens (tertiary/aromatic N) is 2. The number of thiazole rings is 1. The van der Waals surface area contributed by atoms with E-state index in [0.29, 0.717) is 11.8 Å². The summed E-state index contributed by atoms with van der Waals surface area (Å²) >= 11 is 1.75. The fourth-order valence-corrected chi connectivity index (χ4v) is 4.32. The van der Waals surface area contributed by atoms with Crippen molar-refractivity contribution in [2.45, 2.75) is 38.1 Å². The Morgan fingerprint density at radius 1 is 1.20 bits per heavy atom. The molecule has 1 aliphatic heterocycles. The molecule has 1 aromatic carbocycles. The first-order chi connectivity index (χ1) is 9.83. The Kier molecular flexibility index (Phi) is 2.99. The lowest BCUT2D eigenvalue weighted by molar-refractivity contribution is -0.139. The van der Waals surface area contributed by atoms with Crippen molar-refractivity contribution in [2.24, 2.45) is 5.92 Å². The normalized spacial score (nSPS) is 23.2. The van der Waals surface area contributed by atoms with Gasteiger partial charge in [-0.05, 0) is 37.8 Å². The Bertz CT molecular complexity index is 614. The number of likely N-dealkylation sites (tertiary alicyclic amines) is 1. The minimum atomic E-state index is 0.223. The van der Waals surface area contributed by atoms with Gasteiger partial charge in [0.15, 0.2) is 0 Å². The molecule has 20 heavy (non-hydrogen) atoms. The average molecular weight is 286 g/mol. The standard InChI is InChI=1S/C16H18N2OS/c19-16(11-5-3-6-11)18-10-4-8-13(18)15-17-12-7-1-2-9-14(12)20-15/h1-2,7,9,11,13H,3-6,8,10H2/t13-/m1/s1. The van der Waals surface area contributed by atoms with Crippen LogP contribution in [0.2, 0.25) is 0 Å². The molecule has 0 unspecified atom stereocenters. The molecule has 2 heterocycles. The van der Waals surface area contributed by atoms with Gasteiger partial charge in [0.05, 0.1) is 16.3 Å². The number of aromatic nitrogens is 1. The molecule has 2 aromatic rings. The molecule has 0 spiro atoms. The van der Waals surface area contributed by atoms with Crippen molar-refractivity contribution >= 4 is 27.5 Å². The summed E-state index contributed by atoms with van der Waals surface area (Å²) in [5.41, 5.74) is 1.07. The Hall–Kier alpha value is -1.42. The molecule has 1 saturated carbocycles. The van der Waals surface area contributed by atoms with E-state index >= 15 is 0 Å². The SMILES string of the molecule is O=C(C1CCC1)N1CCC[C@@H]1c1nc2ccccc2s1. The van der Waals surface area contributed by atoms with Crippen molar-refractivity contribution in [1.29, 1.82) is 0 Å². The predicted molar refractivity (Wildman–Crippen MR) is 80.6 cm³/mol. The fraction of sp³-hybridized carbons (Fsp3) is 0.500. The fourth-order valence-electron chi connectivity index (χ4n) is 3.21. The van der Waals surface area contributed by atoms with Crippen molar-refractivity contribution in [3.63, 3.8) is 0 Å². The van der Waals surface area contributed by atoms with E-state index in [2.05, 4.69) is 23.1 Å². The molecule has 1 aromatic heterocycles. The van der Waals surface area contributed by atoms with Gasteiger partial charge in [0.25, 0.3) is 0 Å². The summed E-state index contributed by atoms with van der Waals surface area (Å²) in [7, 11) is 0. The molecule has 2 aliphatic rings. The van der Waals surface area contributed by atoms with Crippen molar-refractivity contribution < 1.29 is 4.79 Å². The van der Waals surface area contributed by atoms with Gasteiger partial charge in [0.2, 0.25) is 5.91 Å². The van der Waals surface area contributed by atoms with Crippen LogP contribution in [-0.4, -0.2) is 22.3 Å². The molecule has 4 heteroatoms. The third-order valence-electron chi connectivity index (χ3n) is 4.59. The quantitative estimate of drug-likeness (QED) is 0.842. The van der Waals surface area contributed by atoms with Gasteiger partial charge in [-0.2, -0.15) is 0 Å². The van der Waals surface area contributed by atoms with Crippen LogP contribution in [-0.2, 0) is 4.79 Å². The first kappa shape index (κ1) is 12.3. The van der Waals surface area contributed by atoms with E-state index in [0.717, 1.165) is 42.8 Å². The van der Waals surface area contributed by atoms with E-state index in [4.69, 9.17) is 4.98 Å². The predicted octanol–water partition coefficient (Wildman–Crippen LogP) is 3.76. The van der Waals surface area contributed by atoms with E-state index in [1.165, 1.54) is 11.1 Å². The van der Waals surface area contributed by atoms with E-state index in [9.17, 15) is 4.79 Å². The lowest BCUT2D eigenvalue weighted by atomic mass is 9.84. The van der Waals surface area contributed by atoms with Gasteiger partial charge in [-0.25, -0.2) is 4.98 Å². The highest BCUT2D eigenvalue weighted by atomic mass is 32.1. The second kappa shape index (κ2) is 4.85. The minimum Gasteiger partial charge on any atom is -0.333 e. The summed E-state index contributed by atoms with van der Waals surface area (Å²) in [6.45, 7) is 0.913. The maximum Gasteiger partial charge on any atom is 0.226 e. The Labute approximate surface area is 122 Å². The highest BCUT2D eigenvalue weighted by Crippen LogP contribution is 2.39. The largest absolute Gasteiger partial charge is 0.333 e. The zero-order valence-electron chi connectivity index (χ0n) is 11.4. The molecule has 2 fully saturated rings. The van der Waals surface area contributed by atoms with Gasteiger partial charge in [-0.15, -0.1) is 11.3 Å². The maximum atomic E-state index is 12.5. The van der Waals surface area contributed by atoms with Gasteiger partial charge < -0.3 is 4.90 Å². The highest BCUT2D eigenvalue weighted by Gasteiger charge is 2.37. The minimum absolute atomic E-state index is 0.223. The average Bonchev–Trinajstić information content (AvgIpc) is 3.02. The van der Waals surface area contributed by atoms with Crippen LogP contribution in [0, 0.1) is 5.92 Å². The molecule has 1 amide bonds. The molecular weight excluding hydrogens is 268 g/mol. The van der Waals surface area contributed by atoms with Crippen molar-refractivity contribution in [3.8, 4) is 0 Å². The first-order valence-electron chi connectivity index (χ1n) is 7.49. The highest BCUT2D eigenvalue weighted by molar-refractivity contribution is 7.18. The monoisotopic (exact) mass is 286 g/mol. The molecule has 1 aliphatic carbocycles. The van der Waals surface area contributed by atoms with Gasteiger partial charge in [-0.3, -0.25) is 4.79 Å². The van der Waals surface area contributed by atoms with Crippen LogP contribution in [0.3, 0.4) is 0 Å². The summed E-state index contributed by atoms with van der Waals surface area (Å²) in [5.74, 6) is 0.669. The molecule has 1 saturated heterocycles. The second-order valence-corrected chi connectivity index (χ2v) is 6.90. The number of amides is 1. The number of fused-ring (bicyclic) bond motifs is 1. The lowest BCUT2D eigenvalue weighted by Crippen LogP contribution is -2.38. The Morgan fingerprint density at radius 3 is 2.80 bits per heavy atom. The first-order valence-corrected chi connectivity index (χ1v) is 8.30. The summed E-state index contributed by atoms with van der Waals surface area (Å²) in [6.07, 6.45) is 5.57. The Balaban J connectivity index is 1.63. The van der Waals surface area contributed by atoms with Gasteiger partial charge in [0.1, 0.15) is 5.01 Å². The Morgan fingerprint density at radius 2 is 2.05 bits per heavy atom.